The minimum atomic E-state index is -0.484. The van der Waals surface area contributed by atoms with Crippen molar-refractivity contribution >= 4 is 33.1 Å². The van der Waals surface area contributed by atoms with Crippen molar-refractivity contribution in [3.8, 4) is 0 Å². The van der Waals surface area contributed by atoms with Crippen molar-refractivity contribution in [1.82, 2.24) is 19.8 Å². The van der Waals surface area contributed by atoms with Gasteiger partial charge in [0.15, 0.2) is 0 Å². The van der Waals surface area contributed by atoms with E-state index in [9.17, 15) is 4.79 Å². The van der Waals surface area contributed by atoms with Crippen LogP contribution < -0.4 is 5.32 Å². The number of amides is 1. The summed E-state index contributed by atoms with van der Waals surface area (Å²) < 4.78 is 14.1. The van der Waals surface area contributed by atoms with E-state index < -0.39 is 5.60 Å². The molecule has 1 aliphatic rings. The van der Waals surface area contributed by atoms with Gasteiger partial charge >= 0.3 is 6.09 Å². The number of morpholine rings is 1. The summed E-state index contributed by atoms with van der Waals surface area (Å²) >= 11 is 3.68. The smallest absolute Gasteiger partial charge is 0.407 e. The third-order valence-corrected chi connectivity index (χ3v) is 5.42. The Kier molecular flexibility index (Phi) is 7.54. The molecule has 8 heteroatoms. The van der Waals surface area contributed by atoms with Crippen LogP contribution in [-0.2, 0) is 22.4 Å². The number of benzene rings is 1. The number of nitrogens with zero attached hydrogens (tertiary/aromatic N) is 3. The highest BCUT2D eigenvalue weighted by Gasteiger charge is 2.17. The van der Waals surface area contributed by atoms with E-state index in [4.69, 9.17) is 14.5 Å². The SMILES string of the molecule is CC(C)(C)OC(=O)NCCCn1c(CCN2CCOCC2)nc2cccc(Br)c21. The number of aryl methyl sites for hydroxylation is 1. The summed E-state index contributed by atoms with van der Waals surface area (Å²) in [5.74, 6) is 1.08. The third kappa shape index (κ3) is 6.42. The van der Waals surface area contributed by atoms with E-state index in [1.54, 1.807) is 0 Å². The Labute approximate surface area is 180 Å². The maximum absolute atomic E-state index is 11.9. The second kappa shape index (κ2) is 9.91. The van der Waals surface area contributed by atoms with Crippen molar-refractivity contribution in [2.45, 2.75) is 45.8 Å². The summed E-state index contributed by atoms with van der Waals surface area (Å²) in [5.41, 5.74) is 1.63. The normalized spacial score (nSPS) is 15.6. The zero-order valence-electron chi connectivity index (χ0n) is 17.5. The lowest BCUT2D eigenvalue weighted by Crippen LogP contribution is -2.37. The molecule has 29 heavy (non-hydrogen) atoms. The lowest BCUT2D eigenvalue weighted by molar-refractivity contribution is 0.0381. The van der Waals surface area contributed by atoms with E-state index in [0.717, 1.165) is 73.6 Å². The summed E-state index contributed by atoms with van der Waals surface area (Å²) in [6.07, 6.45) is 1.32. The summed E-state index contributed by atoms with van der Waals surface area (Å²) in [6, 6.07) is 6.11. The van der Waals surface area contributed by atoms with Gasteiger partial charge in [0.25, 0.3) is 0 Å². The predicted molar refractivity (Wildman–Crippen MR) is 117 cm³/mol. The predicted octanol–water partition coefficient (Wildman–Crippen LogP) is 3.59. The van der Waals surface area contributed by atoms with Gasteiger partial charge in [-0.3, -0.25) is 4.90 Å². The molecule has 0 unspecified atom stereocenters. The van der Waals surface area contributed by atoms with Crippen LogP contribution in [0.4, 0.5) is 4.79 Å². The van der Waals surface area contributed by atoms with Gasteiger partial charge in [-0.25, -0.2) is 9.78 Å². The minimum absolute atomic E-state index is 0.373. The first-order chi connectivity index (χ1) is 13.8. The standard InChI is InChI=1S/C21H31BrN4O3/c1-21(2,3)29-20(27)23-9-5-10-26-18(8-11-25-12-14-28-15-13-25)24-17-7-4-6-16(22)19(17)26/h4,6-7H,5,8-15H2,1-3H3,(H,23,27). The van der Waals surface area contributed by atoms with E-state index >= 15 is 0 Å². The van der Waals surface area contributed by atoms with Crippen LogP contribution in [-0.4, -0.2) is 65.5 Å². The van der Waals surface area contributed by atoms with E-state index in [0.29, 0.717) is 6.54 Å². The number of aromatic nitrogens is 2. The zero-order chi connectivity index (χ0) is 20.9. The summed E-state index contributed by atoms with van der Waals surface area (Å²) in [5, 5.41) is 2.84. The van der Waals surface area contributed by atoms with Crippen molar-refractivity contribution in [3.63, 3.8) is 0 Å². The number of hydrogen-bond donors (Lipinski definition) is 1. The van der Waals surface area contributed by atoms with Crippen molar-refractivity contribution < 1.29 is 14.3 Å². The molecule has 2 aromatic rings. The molecule has 1 saturated heterocycles. The van der Waals surface area contributed by atoms with Crippen molar-refractivity contribution in [2.75, 3.05) is 39.4 Å². The van der Waals surface area contributed by atoms with Crippen LogP contribution in [0.15, 0.2) is 22.7 Å². The molecular formula is C21H31BrN4O3. The van der Waals surface area contributed by atoms with Crippen LogP contribution in [0.25, 0.3) is 11.0 Å². The van der Waals surface area contributed by atoms with Gasteiger partial charge in [-0.1, -0.05) is 6.07 Å². The van der Waals surface area contributed by atoms with Gasteiger partial charge in [-0.15, -0.1) is 0 Å². The molecule has 1 aliphatic heterocycles. The molecule has 0 radical (unpaired) electrons. The number of hydrogen-bond acceptors (Lipinski definition) is 5. The highest BCUT2D eigenvalue weighted by atomic mass is 79.9. The van der Waals surface area contributed by atoms with Crippen LogP contribution >= 0.6 is 15.9 Å². The van der Waals surface area contributed by atoms with Crippen LogP contribution in [0.1, 0.15) is 33.0 Å². The molecule has 0 bridgehead atoms. The summed E-state index contributed by atoms with van der Waals surface area (Å²) in [7, 11) is 0. The van der Waals surface area contributed by atoms with E-state index in [2.05, 4.69) is 30.7 Å². The molecule has 7 nitrogen and oxygen atoms in total. The number of carbonyl (C=O) groups excluding carboxylic acids is 1. The zero-order valence-corrected chi connectivity index (χ0v) is 19.1. The molecular weight excluding hydrogens is 436 g/mol. The van der Waals surface area contributed by atoms with Gasteiger partial charge in [0.2, 0.25) is 0 Å². The van der Waals surface area contributed by atoms with Gasteiger partial charge in [-0.2, -0.15) is 0 Å². The fourth-order valence-electron chi connectivity index (χ4n) is 3.45. The van der Waals surface area contributed by atoms with Crippen LogP contribution in [0.2, 0.25) is 0 Å². The maximum atomic E-state index is 11.9. The van der Waals surface area contributed by atoms with Crippen molar-refractivity contribution in [3.05, 3.63) is 28.5 Å². The molecule has 0 spiro atoms. The fourth-order valence-corrected chi connectivity index (χ4v) is 4.02. The average Bonchev–Trinajstić information content (AvgIpc) is 3.02. The van der Waals surface area contributed by atoms with Gasteiger partial charge in [0, 0.05) is 43.6 Å². The highest BCUT2D eigenvalue weighted by molar-refractivity contribution is 9.10. The number of alkyl carbamates (subject to hydrolysis) is 1. The molecule has 3 rings (SSSR count). The maximum Gasteiger partial charge on any atom is 0.407 e. The number of halogens is 1. The summed E-state index contributed by atoms with van der Waals surface area (Å²) in [4.78, 5) is 19.2. The lowest BCUT2D eigenvalue weighted by atomic mass is 10.2. The van der Waals surface area contributed by atoms with Gasteiger partial charge in [0.05, 0.1) is 24.2 Å². The molecule has 1 amide bonds. The monoisotopic (exact) mass is 466 g/mol. The Morgan fingerprint density at radius 3 is 2.76 bits per heavy atom. The number of para-hydroxylation sites is 1. The number of fused-ring (bicyclic) bond motifs is 1. The number of ether oxygens (including phenoxy) is 2. The number of nitrogens with one attached hydrogen (secondary N) is 1. The van der Waals surface area contributed by atoms with E-state index in [1.165, 1.54) is 0 Å². The van der Waals surface area contributed by atoms with Gasteiger partial charge in [0.1, 0.15) is 11.4 Å². The van der Waals surface area contributed by atoms with Crippen LogP contribution in [0.3, 0.4) is 0 Å². The van der Waals surface area contributed by atoms with Gasteiger partial charge in [-0.05, 0) is 55.3 Å². The second-order valence-corrected chi connectivity index (χ2v) is 9.13. The van der Waals surface area contributed by atoms with E-state index in [1.807, 2.05) is 39.0 Å². The largest absolute Gasteiger partial charge is 0.444 e. The van der Waals surface area contributed by atoms with Gasteiger partial charge < -0.3 is 19.4 Å². The molecule has 1 aromatic carbocycles. The molecule has 160 valence electrons. The molecule has 0 saturated carbocycles. The molecule has 1 N–H and O–H groups in total. The van der Waals surface area contributed by atoms with Crippen LogP contribution in [0, 0.1) is 0 Å². The van der Waals surface area contributed by atoms with Crippen molar-refractivity contribution in [1.29, 1.82) is 0 Å². The first kappa shape index (κ1) is 22.1. The number of imidazole rings is 1. The Morgan fingerprint density at radius 1 is 1.28 bits per heavy atom. The highest BCUT2D eigenvalue weighted by Crippen LogP contribution is 2.25. The first-order valence-electron chi connectivity index (χ1n) is 10.2. The number of carbonyl (C=O) groups is 1. The Balaban J connectivity index is 1.64. The quantitative estimate of drug-likeness (QED) is 0.631. The average molecular weight is 467 g/mol. The Bertz CT molecular complexity index is 825. The lowest BCUT2D eigenvalue weighted by Gasteiger charge is -2.26. The third-order valence-electron chi connectivity index (χ3n) is 4.78. The molecule has 2 heterocycles. The fraction of sp³-hybridized carbons (Fsp3) is 0.619. The number of rotatable bonds is 7. The Morgan fingerprint density at radius 2 is 2.03 bits per heavy atom. The minimum Gasteiger partial charge on any atom is -0.444 e. The molecule has 0 atom stereocenters. The molecule has 1 fully saturated rings. The molecule has 1 aromatic heterocycles. The van der Waals surface area contributed by atoms with Crippen LogP contribution in [0.5, 0.6) is 0 Å². The topological polar surface area (TPSA) is 68.6 Å². The van der Waals surface area contributed by atoms with E-state index in [-0.39, 0.29) is 6.09 Å². The molecule has 0 aliphatic carbocycles. The van der Waals surface area contributed by atoms with Crippen molar-refractivity contribution in [2.24, 2.45) is 0 Å². The second-order valence-electron chi connectivity index (χ2n) is 8.27. The summed E-state index contributed by atoms with van der Waals surface area (Å²) in [6.45, 7) is 11.5. The Hall–Kier alpha value is -1.64. The first-order valence-corrected chi connectivity index (χ1v) is 11.0.